The first kappa shape index (κ1) is 19.4. The van der Waals surface area contributed by atoms with E-state index in [9.17, 15) is 4.79 Å². The normalized spacial score (nSPS) is 10.7. The molecular weight excluding hydrogens is 398 g/mol. The molecule has 0 unspecified atom stereocenters. The summed E-state index contributed by atoms with van der Waals surface area (Å²) in [4.78, 5) is 23.8. The van der Waals surface area contributed by atoms with Crippen molar-refractivity contribution in [3.05, 3.63) is 89.1 Å². The Kier molecular flexibility index (Phi) is 5.74. The summed E-state index contributed by atoms with van der Waals surface area (Å²) in [6, 6.07) is 23.3. The number of pyridine rings is 1. The van der Waals surface area contributed by atoms with Gasteiger partial charge in [0.05, 0.1) is 27.0 Å². The molecule has 0 fully saturated rings. The van der Waals surface area contributed by atoms with Gasteiger partial charge in [0.2, 0.25) is 0 Å². The van der Waals surface area contributed by atoms with Crippen molar-refractivity contribution < 1.29 is 4.79 Å². The van der Waals surface area contributed by atoms with Crippen LogP contribution in [0.25, 0.3) is 21.8 Å². The molecule has 4 nitrogen and oxygen atoms in total. The van der Waals surface area contributed by atoms with Crippen molar-refractivity contribution in [3.63, 3.8) is 0 Å². The molecule has 0 saturated heterocycles. The van der Waals surface area contributed by atoms with Crippen molar-refractivity contribution in [2.75, 3.05) is 0 Å². The Balaban J connectivity index is 1.50. The van der Waals surface area contributed by atoms with Crippen LogP contribution in [0.1, 0.15) is 21.1 Å². The van der Waals surface area contributed by atoms with Crippen LogP contribution >= 0.6 is 23.3 Å². The summed E-state index contributed by atoms with van der Waals surface area (Å²) in [6.45, 7) is 4.01. The lowest BCUT2D eigenvalue weighted by Gasteiger charge is -2.07. The number of thiazole rings is 1. The van der Waals surface area contributed by atoms with E-state index in [0.717, 1.165) is 37.4 Å². The van der Waals surface area contributed by atoms with Gasteiger partial charge in [0.25, 0.3) is 5.91 Å². The third-order valence-corrected chi connectivity index (χ3v) is 6.22. The van der Waals surface area contributed by atoms with Crippen molar-refractivity contribution in [2.45, 2.75) is 18.7 Å². The van der Waals surface area contributed by atoms with Gasteiger partial charge in [-0.2, -0.15) is 0 Å². The summed E-state index contributed by atoms with van der Waals surface area (Å²) in [5.41, 5.74) is 4.38. The molecule has 1 amide bonds. The zero-order valence-corrected chi connectivity index (χ0v) is 17.7. The molecule has 4 aromatic rings. The Bertz CT molecular complexity index is 1140. The van der Waals surface area contributed by atoms with Gasteiger partial charge in [-0.15, -0.1) is 11.3 Å². The van der Waals surface area contributed by atoms with Crippen LogP contribution in [0.5, 0.6) is 0 Å². The van der Waals surface area contributed by atoms with Crippen LogP contribution in [0.3, 0.4) is 0 Å². The molecule has 2 heterocycles. The molecular formula is C23H19N3OS2. The largest absolute Gasteiger partial charge is 0.292 e. The molecule has 0 saturated carbocycles. The second-order valence-electron chi connectivity index (χ2n) is 6.48. The Morgan fingerprint density at radius 1 is 0.862 bits per heavy atom. The first-order chi connectivity index (χ1) is 14.1. The fourth-order valence-corrected chi connectivity index (χ4v) is 4.45. The second-order valence-corrected chi connectivity index (χ2v) is 8.56. The predicted octanol–water partition coefficient (Wildman–Crippen LogP) is 5.93. The Morgan fingerprint density at radius 3 is 2.28 bits per heavy atom. The summed E-state index contributed by atoms with van der Waals surface area (Å²) in [6.07, 6.45) is 0. The number of benzene rings is 2. The molecule has 4 rings (SSSR count). The average Bonchev–Trinajstić information content (AvgIpc) is 3.11. The highest BCUT2D eigenvalue weighted by atomic mass is 32.2. The van der Waals surface area contributed by atoms with Crippen molar-refractivity contribution in [2.24, 2.45) is 0 Å². The number of aryl methyl sites for hydroxylation is 2. The predicted molar refractivity (Wildman–Crippen MR) is 120 cm³/mol. The zero-order valence-electron chi connectivity index (χ0n) is 16.0. The van der Waals surface area contributed by atoms with E-state index < -0.39 is 0 Å². The number of amides is 1. The summed E-state index contributed by atoms with van der Waals surface area (Å²) in [5, 5.41) is 1.04. The maximum absolute atomic E-state index is 12.4. The van der Waals surface area contributed by atoms with Crippen LogP contribution in [0.2, 0.25) is 0 Å². The first-order valence-electron chi connectivity index (χ1n) is 9.14. The van der Waals surface area contributed by atoms with E-state index in [1.54, 1.807) is 11.3 Å². The molecule has 0 radical (unpaired) electrons. The highest BCUT2D eigenvalue weighted by Gasteiger charge is 2.11. The van der Waals surface area contributed by atoms with Crippen molar-refractivity contribution in [1.82, 2.24) is 14.7 Å². The SMILES string of the molecule is Cc1nc(C)c(-c2cccc(-c3ccc(C(=O)NSc4ccccc4)cc3)n2)s1. The number of carbonyl (C=O) groups is 1. The van der Waals surface area contributed by atoms with E-state index in [1.165, 1.54) is 11.9 Å². The number of carbonyl (C=O) groups excluding carboxylic acids is 1. The van der Waals surface area contributed by atoms with Gasteiger partial charge in [-0.05, 0) is 62.2 Å². The highest BCUT2D eigenvalue weighted by molar-refractivity contribution is 7.98. The Hall–Kier alpha value is -2.96. The number of hydrogen-bond donors (Lipinski definition) is 1. The third-order valence-electron chi connectivity index (χ3n) is 4.33. The lowest BCUT2D eigenvalue weighted by molar-refractivity contribution is 0.0984. The number of nitrogens with one attached hydrogen (secondary N) is 1. The van der Waals surface area contributed by atoms with Crippen LogP contribution in [0.4, 0.5) is 0 Å². The van der Waals surface area contributed by atoms with Gasteiger partial charge in [-0.3, -0.25) is 9.52 Å². The molecule has 1 N–H and O–H groups in total. The van der Waals surface area contributed by atoms with E-state index in [-0.39, 0.29) is 5.91 Å². The summed E-state index contributed by atoms with van der Waals surface area (Å²) >= 11 is 2.96. The first-order valence-corrected chi connectivity index (χ1v) is 10.8. The third kappa shape index (κ3) is 4.55. The van der Waals surface area contributed by atoms with Gasteiger partial charge in [0.15, 0.2) is 0 Å². The quantitative estimate of drug-likeness (QED) is 0.409. The van der Waals surface area contributed by atoms with E-state index in [1.807, 2.05) is 86.6 Å². The van der Waals surface area contributed by atoms with Gasteiger partial charge in [0, 0.05) is 16.0 Å². The van der Waals surface area contributed by atoms with E-state index >= 15 is 0 Å². The molecule has 6 heteroatoms. The molecule has 0 spiro atoms. The fraction of sp³-hybridized carbons (Fsp3) is 0.0870. The van der Waals surface area contributed by atoms with Crippen LogP contribution in [0, 0.1) is 13.8 Å². The lowest BCUT2D eigenvalue weighted by atomic mass is 10.1. The highest BCUT2D eigenvalue weighted by Crippen LogP contribution is 2.30. The molecule has 2 aromatic carbocycles. The summed E-state index contributed by atoms with van der Waals surface area (Å²) < 4.78 is 2.87. The lowest BCUT2D eigenvalue weighted by Crippen LogP contribution is -2.15. The minimum atomic E-state index is -0.122. The smallest absolute Gasteiger partial charge is 0.261 e. The number of nitrogens with zero attached hydrogens (tertiary/aromatic N) is 2. The summed E-state index contributed by atoms with van der Waals surface area (Å²) in [7, 11) is 0. The van der Waals surface area contributed by atoms with E-state index in [4.69, 9.17) is 4.98 Å². The molecule has 0 bridgehead atoms. The van der Waals surface area contributed by atoms with Crippen LogP contribution < -0.4 is 4.72 Å². The van der Waals surface area contributed by atoms with Gasteiger partial charge < -0.3 is 0 Å². The zero-order chi connectivity index (χ0) is 20.2. The maximum Gasteiger partial charge on any atom is 0.261 e. The molecule has 2 aromatic heterocycles. The van der Waals surface area contributed by atoms with Gasteiger partial charge in [-0.1, -0.05) is 36.4 Å². The molecule has 0 aliphatic heterocycles. The number of rotatable bonds is 5. The van der Waals surface area contributed by atoms with Crippen molar-refractivity contribution in [3.8, 4) is 21.8 Å². The Labute approximate surface area is 178 Å². The van der Waals surface area contributed by atoms with E-state index in [2.05, 4.69) is 9.71 Å². The van der Waals surface area contributed by atoms with E-state index in [0.29, 0.717) is 5.56 Å². The maximum atomic E-state index is 12.4. The van der Waals surface area contributed by atoms with Gasteiger partial charge >= 0.3 is 0 Å². The Morgan fingerprint density at radius 2 is 1.59 bits per heavy atom. The number of aromatic nitrogens is 2. The molecule has 144 valence electrons. The van der Waals surface area contributed by atoms with Crippen LogP contribution in [-0.2, 0) is 0 Å². The minimum Gasteiger partial charge on any atom is -0.292 e. The number of hydrogen-bond acceptors (Lipinski definition) is 5. The fourth-order valence-electron chi connectivity index (χ4n) is 2.94. The van der Waals surface area contributed by atoms with Crippen LogP contribution in [-0.4, -0.2) is 15.9 Å². The van der Waals surface area contributed by atoms with Crippen molar-refractivity contribution >= 4 is 29.2 Å². The molecule has 29 heavy (non-hydrogen) atoms. The standard InChI is InChI=1S/C23H19N3OS2/c1-15-22(28-16(2)24-15)21-10-6-9-20(25-21)17-11-13-18(14-12-17)23(27)26-29-19-7-4-3-5-8-19/h3-14H,1-2H3,(H,26,27). The molecule has 0 atom stereocenters. The molecule has 0 aliphatic carbocycles. The summed E-state index contributed by atoms with van der Waals surface area (Å²) in [5.74, 6) is -0.122. The molecule has 0 aliphatic rings. The second kappa shape index (κ2) is 8.59. The van der Waals surface area contributed by atoms with Gasteiger partial charge in [0.1, 0.15) is 0 Å². The van der Waals surface area contributed by atoms with Crippen LogP contribution in [0.15, 0.2) is 77.7 Å². The van der Waals surface area contributed by atoms with Gasteiger partial charge in [-0.25, -0.2) is 9.97 Å². The average molecular weight is 418 g/mol. The minimum absolute atomic E-state index is 0.122. The topological polar surface area (TPSA) is 54.9 Å². The van der Waals surface area contributed by atoms with Crippen molar-refractivity contribution in [1.29, 1.82) is 0 Å². The monoisotopic (exact) mass is 417 g/mol.